The van der Waals surface area contributed by atoms with Crippen molar-refractivity contribution in [2.45, 2.75) is 25.7 Å². The van der Waals surface area contributed by atoms with Gasteiger partial charge in [-0.05, 0) is 42.8 Å². The third-order valence-corrected chi connectivity index (χ3v) is 3.59. The molecule has 0 radical (unpaired) electrons. The maximum absolute atomic E-state index is 4.35. The quantitative estimate of drug-likeness (QED) is 0.534. The highest BCUT2D eigenvalue weighted by molar-refractivity contribution is 7.80. The van der Waals surface area contributed by atoms with E-state index in [1.54, 1.807) is 0 Å². The first kappa shape index (κ1) is 6.09. The number of fused-ring (bicyclic) bond motifs is 2. The molecule has 0 aromatic heterocycles. The van der Waals surface area contributed by atoms with Gasteiger partial charge in [0, 0.05) is 0 Å². The van der Waals surface area contributed by atoms with Crippen molar-refractivity contribution in [3.63, 3.8) is 0 Å². The number of thiol groups is 1. The summed E-state index contributed by atoms with van der Waals surface area (Å²) in [5, 5.41) is 0. The Hall–Kier alpha value is 0.350. The third-order valence-electron chi connectivity index (χ3n) is 3.12. The monoisotopic (exact) mass is 142 g/mol. The van der Waals surface area contributed by atoms with Crippen LogP contribution in [0, 0.1) is 17.8 Å². The molecule has 2 aliphatic carbocycles. The van der Waals surface area contributed by atoms with Gasteiger partial charge in [-0.25, -0.2) is 0 Å². The minimum absolute atomic E-state index is 0.993. The first-order valence-corrected chi connectivity index (χ1v) is 4.64. The van der Waals surface area contributed by atoms with E-state index in [0.717, 1.165) is 23.5 Å². The average molecular weight is 142 g/mol. The highest BCUT2D eigenvalue weighted by atomic mass is 32.1. The zero-order valence-electron chi connectivity index (χ0n) is 5.71. The van der Waals surface area contributed by atoms with E-state index in [1.165, 1.54) is 25.7 Å². The molecule has 3 atom stereocenters. The summed E-state index contributed by atoms with van der Waals surface area (Å²) in [5.41, 5.74) is 0. The fourth-order valence-corrected chi connectivity index (χ4v) is 3.05. The van der Waals surface area contributed by atoms with Crippen LogP contribution in [-0.2, 0) is 0 Å². The fourth-order valence-electron chi connectivity index (χ4n) is 2.60. The van der Waals surface area contributed by atoms with Gasteiger partial charge >= 0.3 is 0 Å². The highest BCUT2D eigenvalue weighted by Crippen LogP contribution is 2.48. The van der Waals surface area contributed by atoms with Gasteiger partial charge in [0.1, 0.15) is 0 Å². The molecule has 9 heavy (non-hydrogen) atoms. The molecule has 2 aliphatic rings. The SMILES string of the molecule is SCC1CC2CCC1C2. The first-order valence-electron chi connectivity index (χ1n) is 4.01. The van der Waals surface area contributed by atoms with Gasteiger partial charge in [-0.1, -0.05) is 6.42 Å². The predicted molar refractivity (Wildman–Crippen MR) is 42.8 cm³/mol. The number of hydrogen-bond acceptors (Lipinski definition) is 1. The second-order valence-corrected chi connectivity index (χ2v) is 3.98. The Labute approximate surface area is 62.4 Å². The van der Waals surface area contributed by atoms with E-state index < -0.39 is 0 Å². The summed E-state index contributed by atoms with van der Waals surface area (Å²) in [6.45, 7) is 0. The number of hydrogen-bond donors (Lipinski definition) is 1. The van der Waals surface area contributed by atoms with E-state index in [-0.39, 0.29) is 0 Å². The van der Waals surface area contributed by atoms with Gasteiger partial charge < -0.3 is 0 Å². The Morgan fingerprint density at radius 2 is 2.11 bits per heavy atom. The van der Waals surface area contributed by atoms with E-state index in [1.807, 2.05) is 0 Å². The molecule has 2 bridgehead atoms. The zero-order valence-corrected chi connectivity index (χ0v) is 6.61. The van der Waals surface area contributed by atoms with Gasteiger partial charge in [-0.15, -0.1) is 0 Å². The molecule has 52 valence electrons. The van der Waals surface area contributed by atoms with Crippen molar-refractivity contribution in [3.05, 3.63) is 0 Å². The van der Waals surface area contributed by atoms with Crippen LogP contribution in [0.25, 0.3) is 0 Å². The van der Waals surface area contributed by atoms with Crippen molar-refractivity contribution < 1.29 is 0 Å². The summed E-state index contributed by atoms with van der Waals surface area (Å²) < 4.78 is 0. The van der Waals surface area contributed by atoms with Gasteiger partial charge in [0.25, 0.3) is 0 Å². The first-order chi connectivity index (χ1) is 4.40. The van der Waals surface area contributed by atoms with Crippen LogP contribution in [-0.4, -0.2) is 5.75 Å². The lowest BCUT2D eigenvalue weighted by molar-refractivity contribution is 0.366. The summed E-state index contributed by atoms with van der Waals surface area (Å²) in [4.78, 5) is 0. The number of rotatable bonds is 1. The molecule has 0 N–H and O–H groups in total. The summed E-state index contributed by atoms with van der Waals surface area (Å²) in [6, 6.07) is 0. The molecule has 0 saturated heterocycles. The van der Waals surface area contributed by atoms with Crippen molar-refractivity contribution in [2.24, 2.45) is 17.8 Å². The molecule has 2 rings (SSSR count). The minimum Gasteiger partial charge on any atom is -0.179 e. The van der Waals surface area contributed by atoms with Crippen molar-refractivity contribution in [2.75, 3.05) is 5.75 Å². The predicted octanol–water partition coefficient (Wildman–Crippen LogP) is 2.35. The second-order valence-electron chi connectivity index (χ2n) is 3.62. The van der Waals surface area contributed by atoms with E-state index in [0.29, 0.717) is 0 Å². The van der Waals surface area contributed by atoms with Gasteiger partial charge in [0.2, 0.25) is 0 Å². The maximum Gasteiger partial charge on any atom is -0.00667 e. The van der Waals surface area contributed by atoms with E-state index >= 15 is 0 Å². The Bertz CT molecular complexity index is 111. The molecule has 0 nitrogen and oxygen atoms in total. The average Bonchev–Trinajstić information content (AvgIpc) is 2.45. The van der Waals surface area contributed by atoms with Crippen LogP contribution in [0.5, 0.6) is 0 Å². The molecule has 1 heteroatoms. The Kier molecular flexibility index (Phi) is 1.48. The summed E-state index contributed by atoms with van der Waals surface area (Å²) in [6.07, 6.45) is 6.06. The lowest BCUT2D eigenvalue weighted by atomic mass is 9.90. The fraction of sp³-hybridized carbons (Fsp3) is 1.00. The van der Waals surface area contributed by atoms with Gasteiger partial charge in [-0.2, -0.15) is 12.6 Å². The van der Waals surface area contributed by atoms with E-state index in [4.69, 9.17) is 0 Å². The summed E-state index contributed by atoms with van der Waals surface area (Å²) in [7, 11) is 0. The van der Waals surface area contributed by atoms with Gasteiger partial charge in [0.05, 0.1) is 0 Å². The molecule has 0 aromatic carbocycles. The Morgan fingerprint density at radius 3 is 2.44 bits per heavy atom. The third kappa shape index (κ3) is 0.899. The van der Waals surface area contributed by atoms with Gasteiger partial charge in [0.15, 0.2) is 0 Å². The molecular formula is C8H14S. The molecule has 0 amide bonds. The summed E-state index contributed by atoms with van der Waals surface area (Å²) in [5.74, 6) is 4.31. The Balaban J connectivity index is 2.01. The lowest BCUT2D eigenvalue weighted by Gasteiger charge is -2.18. The van der Waals surface area contributed by atoms with Crippen molar-refractivity contribution in [1.29, 1.82) is 0 Å². The molecule has 2 fully saturated rings. The smallest absolute Gasteiger partial charge is 0.00667 e. The molecular weight excluding hydrogens is 128 g/mol. The van der Waals surface area contributed by atoms with E-state index in [9.17, 15) is 0 Å². The van der Waals surface area contributed by atoms with Crippen molar-refractivity contribution in [3.8, 4) is 0 Å². The van der Waals surface area contributed by atoms with E-state index in [2.05, 4.69) is 12.6 Å². The molecule has 3 unspecified atom stereocenters. The van der Waals surface area contributed by atoms with Crippen LogP contribution in [0.4, 0.5) is 0 Å². The van der Waals surface area contributed by atoms with Crippen LogP contribution in [0.15, 0.2) is 0 Å². The van der Waals surface area contributed by atoms with Crippen LogP contribution in [0.2, 0.25) is 0 Å². The minimum atomic E-state index is 0.993. The lowest BCUT2D eigenvalue weighted by Crippen LogP contribution is -2.11. The van der Waals surface area contributed by atoms with Crippen LogP contribution >= 0.6 is 12.6 Å². The molecule has 0 aliphatic heterocycles. The maximum atomic E-state index is 4.35. The van der Waals surface area contributed by atoms with Crippen molar-refractivity contribution in [1.82, 2.24) is 0 Å². The molecule has 0 heterocycles. The largest absolute Gasteiger partial charge is 0.179 e. The highest BCUT2D eigenvalue weighted by Gasteiger charge is 2.38. The molecule has 0 spiro atoms. The van der Waals surface area contributed by atoms with Gasteiger partial charge in [-0.3, -0.25) is 0 Å². The normalized spacial score (nSPS) is 48.3. The standard InChI is InChI=1S/C8H14S/c9-5-8-4-6-1-2-7(8)3-6/h6-9H,1-5H2. The van der Waals surface area contributed by atoms with Crippen LogP contribution < -0.4 is 0 Å². The summed E-state index contributed by atoms with van der Waals surface area (Å²) >= 11 is 4.35. The zero-order chi connectivity index (χ0) is 6.27. The molecule has 0 aromatic rings. The van der Waals surface area contributed by atoms with Crippen LogP contribution in [0.1, 0.15) is 25.7 Å². The second kappa shape index (κ2) is 2.19. The molecule has 2 saturated carbocycles. The van der Waals surface area contributed by atoms with Crippen LogP contribution in [0.3, 0.4) is 0 Å². The van der Waals surface area contributed by atoms with Crippen molar-refractivity contribution >= 4 is 12.6 Å². The topological polar surface area (TPSA) is 0 Å². The Morgan fingerprint density at radius 1 is 1.22 bits per heavy atom.